The van der Waals surface area contributed by atoms with Crippen molar-refractivity contribution in [3.63, 3.8) is 0 Å². The standard InChI is InChI=1S/C17H22O2/c1-10(2)15(18)14-9-12-7-11(3)8-13(16(12)19-14)17(4,5)6/h7-10H,1-6H3. The molecule has 1 aromatic heterocycles. The van der Waals surface area contributed by atoms with E-state index in [1.54, 1.807) is 0 Å². The van der Waals surface area contributed by atoms with Gasteiger partial charge in [-0.25, -0.2) is 0 Å². The fourth-order valence-corrected chi connectivity index (χ4v) is 2.27. The number of carbonyl (C=O) groups excluding carboxylic acids is 1. The molecular formula is C17H22O2. The summed E-state index contributed by atoms with van der Waals surface area (Å²) in [5.41, 5.74) is 3.20. The van der Waals surface area contributed by atoms with Crippen molar-refractivity contribution in [2.75, 3.05) is 0 Å². The van der Waals surface area contributed by atoms with Gasteiger partial charge in [-0.15, -0.1) is 0 Å². The molecule has 0 amide bonds. The Morgan fingerprint density at radius 1 is 1.16 bits per heavy atom. The molecule has 19 heavy (non-hydrogen) atoms. The summed E-state index contributed by atoms with van der Waals surface area (Å²) in [6, 6.07) is 6.10. The Balaban J connectivity index is 2.69. The van der Waals surface area contributed by atoms with Crippen LogP contribution in [0.2, 0.25) is 0 Å². The molecule has 2 rings (SSSR count). The second-order valence-electron chi connectivity index (χ2n) is 6.61. The summed E-state index contributed by atoms with van der Waals surface area (Å²) in [4.78, 5) is 12.1. The summed E-state index contributed by atoms with van der Waals surface area (Å²) in [5.74, 6) is 0.495. The van der Waals surface area contributed by atoms with Gasteiger partial charge >= 0.3 is 0 Å². The van der Waals surface area contributed by atoms with Crippen LogP contribution in [-0.2, 0) is 5.41 Å². The second-order valence-corrected chi connectivity index (χ2v) is 6.61. The van der Waals surface area contributed by atoms with Crippen LogP contribution in [0.15, 0.2) is 22.6 Å². The largest absolute Gasteiger partial charge is 0.453 e. The van der Waals surface area contributed by atoms with Gasteiger partial charge in [0.05, 0.1) is 0 Å². The lowest BCUT2D eigenvalue weighted by Crippen LogP contribution is -2.11. The molecule has 0 aliphatic carbocycles. The number of hydrogen-bond donors (Lipinski definition) is 0. The third kappa shape index (κ3) is 2.58. The van der Waals surface area contributed by atoms with E-state index < -0.39 is 0 Å². The van der Waals surface area contributed by atoms with E-state index in [0.29, 0.717) is 5.76 Å². The normalized spacial score (nSPS) is 12.4. The average Bonchev–Trinajstić information content (AvgIpc) is 2.68. The van der Waals surface area contributed by atoms with Crippen LogP contribution in [0.5, 0.6) is 0 Å². The van der Waals surface area contributed by atoms with Crippen molar-refractivity contribution in [3.05, 3.63) is 35.1 Å². The summed E-state index contributed by atoms with van der Waals surface area (Å²) in [6.45, 7) is 12.3. The molecule has 0 unspecified atom stereocenters. The Morgan fingerprint density at radius 2 is 1.79 bits per heavy atom. The number of ketones is 1. The molecule has 0 spiro atoms. The van der Waals surface area contributed by atoms with Crippen LogP contribution in [0.1, 0.15) is 56.3 Å². The predicted octanol–water partition coefficient (Wildman–Crippen LogP) is 4.88. The maximum absolute atomic E-state index is 12.1. The minimum absolute atomic E-state index is 0.000270. The van der Waals surface area contributed by atoms with Crippen molar-refractivity contribution >= 4 is 16.8 Å². The zero-order valence-electron chi connectivity index (χ0n) is 12.6. The molecule has 1 heterocycles. The van der Waals surface area contributed by atoms with Crippen LogP contribution < -0.4 is 0 Å². The van der Waals surface area contributed by atoms with E-state index in [0.717, 1.165) is 16.5 Å². The summed E-state index contributed by atoms with van der Waals surface area (Å²) in [6.07, 6.45) is 0. The van der Waals surface area contributed by atoms with Gasteiger partial charge in [-0.2, -0.15) is 0 Å². The summed E-state index contributed by atoms with van der Waals surface area (Å²) >= 11 is 0. The van der Waals surface area contributed by atoms with E-state index in [4.69, 9.17) is 4.42 Å². The first kappa shape index (κ1) is 13.9. The third-order valence-corrected chi connectivity index (χ3v) is 3.34. The fourth-order valence-electron chi connectivity index (χ4n) is 2.27. The maximum Gasteiger partial charge on any atom is 0.200 e. The fraction of sp³-hybridized carbons (Fsp3) is 0.471. The smallest absolute Gasteiger partial charge is 0.200 e. The zero-order chi connectivity index (χ0) is 14.4. The molecular weight excluding hydrogens is 236 g/mol. The quantitative estimate of drug-likeness (QED) is 0.719. The maximum atomic E-state index is 12.1. The molecule has 0 N–H and O–H groups in total. The van der Waals surface area contributed by atoms with Gasteiger partial charge in [-0.3, -0.25) is 4.79 Å². The van der Waals surface area contributed by atoms with Gasteiger partial charge < -0.3 is 4.42 Å². The van der Waals surface area contributed by atoms with Crippen LogP contribution in [0, 0.1) is 12.8 Å². The Bertz CT molecular complexity index is 624. The number of rotatable bonds is 2. The number of aryl methyl sites for hydroxylation is 1. The lowest BCUT2D eigenvalue weighted by Gasteiger charge is -2.19. The van der Waals surface area contributed by atoms with Gasteiger partial charge in [0, 0.05) is 16.9 Å². The molecule has 0 atom stereocenters. The van der Waals surface area contributed by atoms with E-state index >= 15 is 0 Å². The molecule has 102 valence electrons. The van der Waals surface area contributed by atoms with E-state index in [2.05, 4.69) is 39.8 Å². The van der Waals surface area contributed by atoms with Crippen LogP contribution in [-0.4, -0.2) is 5.78 Å². The Kier molecular flexibility index (Phi) is 3.29. The first-order chi connectivity index (χ1) is 8.70. The van der Waals surface area contributed by atoms with E-state index in [1.807, 2.05) is 19.9 Å². The molecule has 0 fully saturated rings. The second kappa shape index (κ2) is 4.52. The average molecular weight is 258 g/mol. The van der Waals surface area contributed by atoms with E-state index in [1.165, 1.54) is 5.56 Å². The molecule has 0 bridgehead atoms. The predicted molar refractivity (Wildman–Crippen MR) is 78.8 cm³/mol. The van der Waals surface area contributed by atoms with E-state index in [9.17, 15) is 4.79 Å². The number of carbonyl (C=O) groups is 1. The highest BCUT2D eigenvalue weighted by molar-refractivity contribution is 5.99. The first-order valence-corrected chi connectivity index (χ1v) is 6.79. The van der Waals surface area contributed by atoms with Gasteiger partial charge in [0.25, 0.3) is 0 Å². The number of fused-ring (bicyclic) bond motifs is 1. The van der Waals surface area contributed by atoms with Gasteiger partial charge in [-0.1, -0.05) is 40.7 Å². The third-order valence-electron chi connectivity index (χ3n) is 3.34. The van der Waals surface area contributed by atoms with Gasteiger partial charge in [0.1, 0.15) is 5.58 Å². The van der Waals surface area contributed by atoms with Crippen molar-refractivity contribution in [1.82, 2.24) is 0 Å². The highest BCUT2D eigenvalue weighted by Crippen LogP contribution is 2.33. The van der Waals surface area contributed by atoms with Gasteiger partial charge in [0.2, 0.25) is 5.78 Å². The Labute approximate surface area is 114 Å². The monoisotopic (exact) mass is 258 g/mol. The molecule has 2 aromatic rings. The van der Waals surface area contributed by atoms with Crippen LogP contribution >= 0.6 is 0 Å². The SMILES string of the molecule is Cc1cc(C(C)(C)C)c2oc(C(=O)C(C)C)cc2c1. The number of hydrogen-bond acceptors (Lipinski definition) is 2. The first-order valence-electron chi connectivity index (χ1n) is 6.79. The molecule has 0 aliphatic heterocycles. The van der Waals surface area contributed by atoms with Crippen LogP contribution in [0.25, 0.3) is 11.0 Å². The van der Waals surface area contributed by atoms with Crippen molar-refractivity contribution in [3.8, 4) is 0 Å². The van der Waals surface area contributed by atoms with Gasteiger partial charge in [-0.05, 0) is 30.0 Å². The lowest BCUT2D eigenvalue weighted by molar-refractivity contribution is 0.0913. The summed E-state index contributed by atoms with van der Waals surface area (Å²) in [5, 5.41) is 1.02. The molecule has 0 saturated heterocycles. The highest BCUT2D eigenvalue weighted by Gasteiger charge is 2.22. The van der Waals surface area contributed by atoms with Crippen molar-refractivity contribution in [2.24, 2.45) is 5.92 Å². The highest BCUT2D eigenvalue weighted by atomic mass is 16.3. The number of Topliss-reactive ketones (excluding diaryl/α,β-unsaturated/α-hetero) is 1. The minimum atomic E-state index is -0.0419. The molecule has 0 radical (unpaired) electrons. The molecule has 1 aromatic carbocycles. The van der Waals surface area contributed by atoms with Crippen LogP contribution in [0.4, 0.5) is 0 Å². The van der Waals surface area contributed by atoms with Gasteiger partial charge in [0.15, 0.2) is 5.76 Å². The number of furan rings is 1. The van der Waals surface area contributed by atoms with Crippen molar-refractivity contribution < 1.29 is 9.21 Å². The number of benzene rings is 1. The van der Waals surface area contributed by atoms with Crippen molar-refractivity contribution in [1.29, 1.82) is 0 Å². The molecule has 0 saturated carbocycles. The summed E-state index contributed by atoms with van der Waals surface area (Å²) < 4.78 is 5.85. The Morgan fingerprint density at radius 3 is 2.32 bits per heavy atom. The van der Waals surface area contributed by atoms with Crippen LogP contribution in [0.3, 0.4) is 0 Å². The zero-order valence-corrected chi connectivity index (χ0v) is 12.6. The van der Waals surface area contributed by atoms with E-state index in [-0.39, 0.29) is 17.1 Å². The van der Waals surface area contributed by atoms with Crippen molar-refractivity contribution in [2.45, 2.75) is 47.0 Å². The minimum Gasteiger partial charge on any atom is -0.453 e. The lowest BCUT2D eigenvalue weighted by atomic mass is 9.85. The summed E-state index contributed by atoms with van der Waals surface area (Å²) in [7, 11) is 0. The Hall–Kier alpha value is -1.57. The molecule has 2 nitrogen and oxygen atoms in total. The molecule has 0 aliphatic rings. The molecule has 2 heteroatoms. The topological polar surface area (TPSA) is 30.2 Å².